The topological polar surface area (TPSA) is 0 Å². The minimum atomic E-state index is -1.65. The third-order valence-corrected chi connectivity index (χ3v) is 24.7. The molecule has 0 nitrogen and oxygen atoms in total. The van der Waals surface area contributed by atoms with Crippen LogP contribution >= 0.6 is 17.0 Å². The molecule has 0 saturated heterocycles. The Morgan fingerprint density at radius 3 is 1.40 bits per heavy atom. The molecule has 0 fully saturated rings. The quantitative estimate of drug-likeness (QED) is 0.181. The second kappa shape index (κ2) is 13.7. The van der Waals surface area contributed by atoms with Crippen LogP contribution in [0.3, 0.4) is 0 Å². The molecule has 0 spiro atoms. The SMILES string of the molecule is CCC[c-]1ccc2ccccc21.CCC[c-]1ccc2ccccc21.C[Si](C)=[Zr]([Cl])[Cl]. The standard InChI is InChI=1S/2C12H13.C2H6Si.2ClH.Zr/c2*1-2-5-10-8-9-11-6-3-4-7-12(10)11;1-3-2;;;/h2*3-4,6-9H,2,5H2,1H3;1-2H3;2*1H;/q2*-1;;;;+2/p-2. The maximum absolute atomic E-state index is 5.62. The molecular formula is C26H32Cl2SiZr-2. The van der Waals surface area contributed by atoms with E-state index in [1.54, 1.807) is 0 Å². The van der Waals surface area contributed by atoms with Crippen LogP contribution in [-0.2, 0) is 30.8 Å². The molecule has 0 aliphatic carbocycles. The van der Waals surface area contributed by atoms with Crippen molar-refractivity contribution in [2.45, 2.75) is 52.6 Å². The minimum absolute atomic E-state index is 0.224. The second-order valence-corrected chi connectivity index (χ2v) is 30.6. The summed E-state index contributed by atoms with van der Waals surface area (Å²) in [6.45, 7) is 8.78. The molecule has 4 rings (SSSR count). The van der Waals surface area contributed by atoms with Crippen LogP contribution in [0.25, 0.3) is 21.5 Å². The number of hydrogen-bond acceptors (Lipinski definition) is 0. The van der Waals surface area contributed by atoms with E-state index in [2.05, 4.69) is 99.7 Å². The fourth-order valence-electron chi connectivity index (χ4n) is 3.40. The van der Waals surface area contributed by atoms with Crippen LogP contribution in [0.2, 0.25) is 13.1 Å². The Hall–Kier alpha value is -0.660. The third kappa shape index (κ3) is 7.79. The van der Waals surface area contributed by atoms with Gasteiger partial charge in [-0.05, 0) is 0 Å². The summed E-state index contributed by atoms with van der Waals surface area (Å²) in [5, 5.41) is 5.61. The molecule has 30 heavy (non-hydrogen) atoms. The molecule has 0 aliphatic rings. The number of halogens is 2. The Balaban J connectivity index is 0.000000171. The summed E-state index contributed by atoms with van der Waals surface area (Å²) >= 11 is -1.65. The zero-order chi connectivity index (χ0) is 21.9. The summed E-state index contributed by atoms with van der Waals surface area (Å²) in [5.74, 6) is 0. The molecule has 0 atom stereocenters. The van der Waals surface area contributed by atoms with E-state index in [1.165, 1.54) is 58.4 Å². The molecular weight excluding hydrogens is 503 g/mol. The first-order valence-electron chi connectivity index (χ1n) is 10.7. The third-order valence-electron chi connectivity index (χ3n) is 4.96. The van der Waals surface area contributed by atoms with Crippen molar-refractivity contribution >= 4 is 44.0 Å². The van der Waals surface area contributed by atoms with Crippen LogP contribution < -0.4 is 0 Å². The van der Waals surface area contributed by atoms with Gasteiger partial charge in [-0.2, -0.15) is 12.1 Å². The number of hydrogen-bond donors (Lipinski definition) is 0. The maximum atomic E-state index is 5.62. The average molecular weight is 535 g/mol. The van der Waals surface area contributed by atoms with Crippen molar-refractivity contribution in [1.82, 2.24) is 0 Å². The Morgan fingerprint density at radius 2 is 1.07 bits per heavy atom. The molecule has 0 heterocycles. The van der Waals surface area contributed by atoms with Crippen molar-refractivity contribution < 1.29 is 18.0 Å². The van der Waals surface area contributed by atoms with Gasteiger partial charge in [0.15, 0.2) is 0 Å². The van der Waals surface area contributed by atoms with Gasteiger partial charge in [0.25, 0.3) is 0 Å². The monoisotopic (exact) mass is 532 g/mol. The van der Waals surface area contributed by atoms with Gasteiger partial charge >= 0.3 is 53.5 Å². The second-order valence-electron chi connectivity index (χ2n) is 7.65. The van der Waals surface area contributed by atoms with E-state index >= 15 is 0 Å². The zero-order valence-electron chi connectivity index (χ0n) is 18.5. The molecule has 4 heteroatoms. The fourth-order valence-corrected chi connectivity index (χ4v) is 3.40. The number of benzene rings is 2. The average Bonchev–Trinajstić information content (AvgIpc) is 3.34. The molecule has 0 aromatic heterocycles. The number of fused-ring (bicyclic) bond motifs is 2. The molecule has 0 unspecified atom stereocenters. The summed E-state index contributed by atoms with van der Waals surface area (Å²) in [7, 11) is 11.2. The van der Waals surface area contributed by atoms with E-state index in [0.29, 0.717) is 0 Å². The number of rotatable bonds is 4. The first-order chi connectivity index (χ1) is 14.5. The van der Waals surface area contributed by atoms with Crippen LogP contribution in [0, 0.1) is 0 Å². The van der Waals surface area contributed by atoms with Crippen LogP contribution in [0.1, 0.15) is 37.8 Å². The molecule has 0 saturated carbocycles. The van der Waals surface area contributed by atoms with E-state index in [1.807, 2.05) is 0 Å². The van der Waals surface area contributed by atoms with Crippen LogP contribution in [0.4, 0.5) is 0 Å². The van der Waals surface area contributed by atoms with Gasteiger partial charge in [0.1, 0.15) is 0 Å². The molecule has 160 valence electrons. The molecule has 0 bridgehead atoms. The van der Waals surface area contributed by atoms with Gasteiger partial charge in [0.05, 0.1) is 0 Å². The van der Waals surface area contributed by atoms with Crippen molar-refractivity contribution in [2.75, 3.05) is 0 Å². The van der Waals surface area contributed by atoms with E-state index in [0.717, 1.165) is 0 Å². The first-order valence-corrected chi connectivity index (χ1v) is 23.2. The van der Waals surface area contributed by atoms with Crippen LogP contribution in [-0.4, -0.2) is 5.43 Å². The Labute approximate surface area is 197 Å². The predicted octanol–water partition coefficient (Wildman–Crippen LogP) is 9.19. The summed E-state index contributed by atoms with van der Waals surface area (Å²) < 4.78 is 0. The van der Waals surface area contributed by atoms with Gasteiger partial charge in [0, 0.05) is 0 Å². The molecule has 0 radical (unpaired) electrons. The Bertz CT molecular complexity index is 981. The molecule has 4 aromatic carbocycles. The van der Waals surface area contributed by atoms with Crippen LogP contribution in [0.5, 0.6) is 0 Å². The molecule has 0 aliphatic heterocycles. The predicted molar refractivity (Wildman–Crippen MR) is 136 cm³/mol. The Kier molecular flexibility index (Phi) is 11.7. The van der Waals surface area contributed by atoms with Crippen molar-refractivity contribution in [2.24, 2.45) is 0 Å². The van der Waals surface area contributed by atoms with Gasteiger partial charge in [-0.15, -0.1) is 81.2 Å². The van der Waals surface area contributed by atoms with Crippen molar-refractivity contribution in [3.05, 3.63) is 83.9 Å². The van der Waals surface area contributed by atoms with Gasteiger partial charge in [-0.1, -0.05) is 51.7 Å². The number of aryl methyl sites for hydroxylation is 2. The summed E-state index contributed by atoms with van der Waals surface area (Å²) in [6, 6.07) is 26.1. The summed E-state index contributed by atoms with van der Waals surface area (Å²) in [5.41, 5.74) is 2.76. The van der Waals surface area contributed by atoms with Gasteiger partial charge in [0.2, 0.25) is 0 Å². The first kappa shape index (κ1) is 25.6. The summed E-state index contributed by atoms with van der Waals surface area (Å²) in [4.78, 5) is 0. The van der Waals surface area contributed by atoms with E-state index in [4.69, 9.17) is 17.0 Å². The molecule has 4 aromatic rings. The van der Waals surface area contributed by atoms with Crippen molar-refractivity contribution in [3.8, 4) is 0 Å². The summed E-state index contributed by atoms with van der Waals surface area (Å²) in [6.07, 6.45) is 4.86. The fraction of sp³-hybridized carbons (Fsp3) is 0.308. The van der Waals surface area contributed by atoms with E-state index < -0.39 is 18.0 Å². The van der Waals surface area contributed by atoms with Crippen molar-refractivity contribution in [1.29, 1.82) is 0 Å². The van der Waals surface area contributed by atoms with Gasteiger partial charge in [-0.25, -0.2) is 0 Å². The van der Waals surface area contributed by atoms with Crippen LogP contribution in [0.15, 0.2) is 72.8 Å². The van der Waals surface area contributed by atoms with E-state index in [-0.39, 0.29) is 5.43 Å². The Morgan fingerprint density at radius 1 is 0.700 bits per heavy atom. The van der Waals surface area contributed by atoms with E-state index in [9.17, 15) is 0 Å². The normalized spacial score (nSPS) is 10.2. The van der Waals surface area contributed by atoms with Crippen molar-refractivity contribution in [3.63, 3.8) is 0 Å². The molecule has 0 amide bonds. The van der Waals surface area contributed by atoms with Gasteiger partial charge in [-0.3, -0.25) is 0 Å². The molecule has 0 N–H and O–H groups in total. The van der Waals surface area contributed by atoms with Gasteiger partial charge < -0.3 is 0 Å². The zero-order valence-corrected chi connectivity index (χ0v) is 23.5.